The Kier molecular flexibility index (Phi) is 5.23. The van der Waals surface area contributed by atoms with Gasteiger partial charge in [0.05, 0.1) is 0 Å². The Labute approximate surface area is 112 Å². The van der Waals surface area contributed by atoms with Crippen molar-refractivity contribution in [3.8, 4) is 0 Å². The van der Waals surface area contributed by atoms with E-state index in [1.807, 2.05) is 0 Å². The van der Waals surface area contributed by atoms with E-state index in [-0.39, 0.29) is 16.7 Å². The maximum Gasteiger partial charge on any atom is 0.242 e. The molecule has 0 bridgehead atoms. The van der Waals surface area contributed by atoms with E-state index >= 15 is 0 Å². The van der Waals surface area contributed by atoms with Crippen LogP contribution in [0.4, 0.5) is 0 Å². The third-order valence-electron chi connectivity index (χ3n) is 1.83. The van der Waals surface area contributed by atoms with Gasteiger partial charge >= 0.3 is 0 Å². The highest BCUT2D eigenvalue weighted by Crippen LogP contribution is 2.14. The third kappa shape index (κ3) is 4.82. The van der Waals surface area contributed by atoms with Crippen LogP contribution < -0.4 is 4.72 Å². The largest absolute Gasteiger partial charge is 0.262 e. The predicted molar refractivity (Wildman–Crippen MR) is 70.7 cm³/mol. The van der Waals surface area contributed by atoms with Gasteiger partial charge in [0, 0.05) is 45.7 Å². The minimum atomic E-state index is -3.60. The van der Waals surface area contributed by atoms with E-state index in [0.717, 1.165) is 0 Å². The first-order chi connectivity index (χ1) is 7.81. The molecule has 2 unspecified atom stereocenters. The maximum absolute atomic E-state index is 11.9. The van der Waals surface area contributed by atoms with Crippen molar-refractivity contribution in [1.82, 2.24) is 9.71 Å². The molecule has 0 fully saturated rings. The normalized spacial score (nSPS) is 15.5. The number of hydrogen-bond acceptors (Lipinski definition) is 4. The molecule has 0 aromatic carbocycles. The molecule has 0 saturated carbocycles. The average Bonchev–Trinajstić information content (AvgIpc) is 2.15. The number of hydrogen-bond donors (Lipinski definition) is 1. The minimum Gasteiger partial charge on any atom is -0.262 e. The molecule has 1 N–H and O–H groups in total. The monoisotopic (exact) mass is 340 g/mol. The number of nitrogens with one attached hydrogen (secondary N) is 1. The molecule has 96 valence electrons. The SMILES string of the molecule is CC(CS(C)=O)NS(=O)(=O)c1cncc(Br)c1. The number of pyridine rings is 1. The smallest absolute Gasteiger partial charge is 0.242 e. The van der Waals surface area contributed by atoms with E-state index in [9.17, 15) is 12.6 Å². The first-order valence-corrected chi connectivity index (χ1v) is 8.74. The van der Waals surface area contributed by atoms with Crippen LogP contribution in [0.3, 0.4) is 0 Å². The molecule has 8 heteroatoms. The van der Waals surface area contributed by atoms with Gasteiger partial charge < -0.3 is 0 Å². The molecule has 0 radical (unpaired) electrons. The Bertz CT molecular complexity index is 519. The number of rotatable bonds is 5. The van der Waals surface area contributed by atoms with Crippen molar-refractivity contribution < 1.29 is 12.6 Å². The zero-order chi connectivity index (χ0) is 13.1. The van der Waals surface area contributed by atoms with Gasteiger partial charge in [0.25, 0.3) is 0 Å². The summed E-state index contributed by atoms with van der Waals surface area (Å²) in [4.78, 5) is 3.88. The summed E-state index contributed by atoms with van der Waals surface area (Å²) in [6.45, 7) is 1.67. The van der Waals surface area contributed by atoms with Gasteiger partial charge in [-0.3, -0.25) is 9.19 Å². The van der Waals surface area contributed by atoms with Crippen molar-refractivity contribution in [3.05, 3.63) is 22.9 Å². The molecule has 0 amide bonds. The standard InChI is InChI=1S/C9H13BrN2O3S2/c1-7(6-16(2)13)12-17(14,15)9-3-8(10)4-11-5-9/h3-5,7,12H,6H2,1-2H3. The van der Waals surface area contributed by atoms with Crippen LogP contribution in [-0.2, 0) is 20.8 Å². The summed E-state index contributed by atoms with van der Waals surface area (Å²) in [7, 11) is -4.65. The molecule has 0 saturated heterocycles. The fourth-order valence-corrected chi connectivity index (χ4v) is 3.90. The van der Waals surface area contributed by atoms with Gasteiger partial charge in [-0.05, 0) is 28.9 Å². The second-order valence-corrected chi connectivity index (χ2v) is 7.71. The van der Waals surface area contributed by atoms with Crippen molar-refractivity contribution in [2.24, 2.45) is 0 Å². The van der Waals surface area contributed by atoms with Gasteiger partial charge in [-0.15, -0.1) is 0 Å². The minimum absolute atomic E-state index is 0.0839. The van der Waals surface area contributed by atoms with Crippen LogP contribution in [0.1, 0.15) is 6.92 Å². The van der Waals surface area contributed by atoms with Gasteiger partial charge in [0.2, 0.25) is 10.0 Å². The quantitative estimate of drug-likeness (QED) is 0.863. The zero-order valence-electron chi connectivity index (χ0n) is 9.38. The lowest BCUT2D eigenvalue weighted by Gasteiger charge is -2.12. The highest BCUT2D eigenvalue weighted by molar-refractivity contribution is 9.10. The van der Waals surface area contributed by atoms with Crippen LogP contribution in [-0.4, -0.2) is 35.7 Å². The van der Waals surface area contributed by atoms with Gasteiger partial charge in [0.15, 0.2) is 0 Å². The lowest BCUT2D eigenvalue weighted by molar-refractivity contribution is 0.569. The zero-order valence-corrected chi connectivity index (χ0v) is 12.6. The van der Waals surface area contributed by atoms with E-state index < -0.39 is 20.8 Å². The fourth-order valence-electron chi connectivity index (χ4n) is 1.26. The second-order valence-electron chi connectivity index (χ2n) is 3.60. The molecule has 0 spiro atoms. The van der Waals surface area contributed by atoms with Gasteiger partial charge in [-0.2, -0.15) is 0 Å². The summed E-state index contributed by atoms with van der Waals surface area (Å²) in [5, 5.41) is 0. The van der Waals surface area contributed by atoms with Crippen LogP contribution in [0.2, 0.25) is 0 Å². The van der Waals surface area contributed by atoms with E-state index in [1.54, 1.807) is 6.92 Å². The molecule has 2 atom stereocenters. The lowest BCUT2D eigenvalue weighted by atomic mass is 10.4. The average molecular weight is 341 g/mol. The summed E-state index contributed by atoms with van der Waals surface area (Å²) in [6.07, 6.45) is 4.30. The third-order valence-corrected chi connectivity index (χ3v) is 4.79. The van der Waals surface area contributed by atoms with E-state index in [2.05, 4.69) is 25.6 Å². The molecule has 1 aromatic rings. The summed E-state index contributed by atoms with van der Waals surface area (Å²) < 4.78 is 37.8. The second kappa shape index (κ2) is 6.03. The van der Waals surface area contributed by atoms with Crippen molar-refractivity contribution in [3.63, 3.8) is 0 Å². The summed E-state index contributed by atoms with van der Waals surface area (Å²) in [6, 6.07) is 1.08. The summed E-state index contributed by atoms with van der Waals surface area (Å²) >= 11 is 3.16. The Morgan fingerprint density at radius 2 is 2.18 bits per heavy atom. The van der Waals surface area contributed by atoms with Gasteiger partial charge in [-0.25, -0.2) is 13.1 Å². The first-order valence-electron chi connectivity index (χ1n) is 4.74. The first kappa shape index (κ1) is 14.7. The number of aromatic nitrogens is 1. The van der Waals surface area contributed by atoms with Crippen LogP contribution in [0, 0.1) is 0 Å². The van der Waals surface area contributed by atoms with E-state index in [4.69, 9.17) is 0 Å². The maximum atomic E-state index is 11.9. The van der Waals surface area contributed by atoms with Crippen LogP contribution in [0.15, 0.2) is 27.8 Å². The Balaban J connectivity index is 2.86. The van der Waals surface area contributed by atoms with E-state index in [0.29, 0.717) is 4.47 Å². The van der Waals surface area contributed by atoms with E-state index in [1.165, 1.54) is 24.7 Å². The van der Waals surface area contributed by atoms with Crippen LogP contribution in [0.25, 0.3) is 0 Å². The highest BCUT2D eigenvalue weighted by Gasteiger charge is 2.18. The molecule has 0 aliphatic carbocycles. The Morgan fingerprint density at radius 3 is 2.71 bits per heavy atom. The van der Waals surface area contributed by atoms with Crippen molar-refractivity contribution in [2.45, 2.75) is 17.9 Å². The highest BCUT2D eigenvalue weighted by atomic mass is 79.9. The molecular formula is C9H13BrN2O3S2. The van der Waals surface area contributed by atoms with Crippen LogP contribution in [0.5, 0.6) is 0 Å². The van der Waals surface area contributed by atoms with Crippen LogP contribution >= 0.6 is 15.9 Å². The van der Waals surface area contributed by atoms with Crippen molar-refractivity contribution >= 4 is 36.8 Å². The summed E-state index contributed by atoms with van der Waals surface area (Å²) in [5.74, 6) is 0.278. The number of halogens is 1. The molecule has 1 heterocycles. The predicted octanol–water partition coefficient (Wildman–Crippen LogP) is 0.889. The lowest BCUT2D eigenvalue weighted by Crippen LogP contribution is -2.36. The van der Waals surface area contributed by atoms with Gasteiger partial charge in [0.1, 0.15) is 4.90 Å². The molecule has 17 heavy (non-hydrogen) atoms. The summed E-state index contributed by atoms with van der Waals surface area (Å²) in [5.41, 5.74) is 0. The molecule has 0 aliphatic heterocycles. The Morgan fingerprint density at radius 1 is 1.53 bits per heavy atom. The van der Waals surface area contributed by atoms with Crippen molar-refractivity contribution in [2.75, 3.05) is 12.0 Å². The molecule has 0 aliphatic rings. The van der Waals surface area contributed by atoms with Crippen molar-refractivity contribution in [1.29, 1.82) is 0 Å². The molecule has 5 nitrogen and oxygen atoms in total. The molecule has 1 aromatic heterocycles. The molecular weight excluding hydrogens is 328 g/mol. The fraction of sp³-hybridized carbons (Fsp3) is 0.444. The molecule has 1 rings (SSSR count). The van der Waals surface area contributed by atoms with Gasteiger partial charge in [-0.1, -0.05) is 0 Å². The topological polar surface area (TPSA) is 76.1 Å². The number of sulfonamides is 1. The number of nitrogens with zero attached hydrogens (tertiary/aromatic N) is 1. The Hall–Kier alpha value is -0.310.